The first-order valence-corrected chi connectivity index (χ1v) is 9.84. The Morgan fingerprint density at radius 3 is 1.90 bits per heavy atom. The highest BCUT2D eigenvalue weighted by molar-refractivity contribution is 7.99. The third-order valence-corrected chi connectivity index (χ3v) is 5.37. The highest BCUT2D eigenvalue weighted by Gasteiger charge is 2.36. The number of alkyl halides is 5. The molecule has 1 heterocycles. The number of nitrogens with zero attached hydrogens (tertiary/aromatic N) is 2. The highest BCUT2D eigenvalue weighted by atomic mass is 32.2. The van der Waals surface area contributed by atoms with Crippen molar-refractivity contribution in [3.8, 4) is 0 Å². The maximum Gasteiger partial charge on any atom is 0.417 e. The molecule has 0 spiro atoms. The van der Waals surface area contributed by atoms with E-state index in [2.05, 4.69) is 0 Å². The van der Waals surface area contributed by atoms with E-state index in [-0.39, 0.29) is 32.1 Å². The summed E-state index contributed by atoms with van der Waals surface area (Å²) >= 11 is 0.376. The third-order valence-electron chi connectivity index (χ3n) is 4.64. The highest BCUT2D eigenvalue weighted by Crippen LogP contribution is 2.32. The molecule has 4 nitrogen and oxygen atoms in total. The number of hydrogen-bond donors (Lipinski definition) is 0. The van der Waals surface area contributed by atoms with Gasteiger partial charge < -0.3 is 9.80 Å². The van der Waals surface area contributed by atoms with Crippen LogP contribution in [0, 0.1) is 0 Å². The third kappa shape index (κ3) is 5.10. The Morgan fingerprint density at radius 2 is 1.37 bits per heavy atom. The van der Waals surface area contributed by atoms with Crippen LogP contribution in [0.4, 0.5) is 22.0 Å². The molecule has 2 aromatic rings. The Balaban J connectivity index is 1.64. The van der Waals surface area contributed by atoms with Crippen LogP contribution in [0.15, 0.2) is 53.4 Å². The molecule has 30 heavy (non-hydrogen) atoms. The summed E-state index contributed by atoms with van der Waals surface area (Å²) in [5, 5.41) is 0. The first-order chi connectivity index (χ1) is 14.2. The van der Waals surface area contributed by atoms with E-state index >= 15 is 0 Å². The van der Waals surface area contributed by atoms with Gasteiger partial charge in [-0.05, 0) is 36.4 Å². The van der Waals surface area contributed by atoms with Gasteiger partial charge in [0, 0.05) is 36.6 Å². The Kier molecular flexibility index (Phi) is 6.64. The predicted octanol–water partition coefficient (Wildman–Crippen LogP) is 4.62. The molecule has 1 saturated heterocycles. The maximum absolute atomic E-state index is 13.2. The summed E-state index contributed by atoms with van der Waals surface area (Å²) in [6.45, 7) is 0.505. The number of amides is 2. The zero-order chi connectivity index (χ0) is 21.9. The van der Waals surface area contributed by atoms with Gasteiger partial charge in [0.2, 0.25) is 0 Å². The number of thioether (sulfide) groups is 1. The van der Waals surface area contributed by atoms with Gasteiger partial charge in [0.25, 0.3) is 17.6 Å². The molecule has 2 amide bonds. The Hall–Kier alpha value is -2.62. The Morgan fingerprint density at radius 1 is 0.833 bits per heavy atom. The van der Waals surface area contributed by atoms with Crippen molar-refractivity contribution >= 4 is 23.6 Å². The Bertz CT molecular complexity index is 910. The summed E-state index contributed by atoms with van der Waals surface area (Å²) in [7, 11) is 0. The van der Waals surface area contributed by atoms with Crippen molar-refractivity contribution in [3.63, 3.8) is 0 Å². The van der Waals surface area contributed by atoms with Gasteiger partial charge in [-0.3, -0.25) is 9.59 Å². The summed E-state index contributed by atoms with van der Waals surface area (Å²) in [6.07, 6.45) is -4.64. The largest absolute Gasteiger partial charge is 0.417 e. The zero-order valence-electron chi connectivity index (χ0n) is 15.5. The molecule has 3 rings (SSSR count). The van der Waals surface area contributed by atoms with Gasteiger partial charge in [-0.1, -0.05) is 23.9 Å². The molecular weight excluding hydrogens is 427 g/mol. The van der Waals surface area contributed by atoms with Crippen LogP contribution in [0.25, 0.3) is 0 Å². The average molecular weight is 444 g/mol. The molecule has 10 heteroatoms. The monoisotopic (exact) mass is 444 g/mol. The summed E-state index contributed by atoms with van der Waals surface area (Å²) in [6, 6.07) is 10.4. The average Bonchev–Trinajstić information content (AvgIpc) is 2.72. The van der Waals surface area contributed by atoms with Crippen LogP contribution in [0.5, 0.6) is 0 Å². The van der Waals surface area contributed by atoms with Gasteiger partial charge in [-0.2, -0.15) is 22.0 Å². The number of carbonyl (C=O) groups is 2. The van der Waals surface area contributed by atoms with Crippen molar-refractivity contribution in [3.05, 3.63) is 65.2 Å². The van der Waals surface area contributed by atoms with E-state index in [1.54, 1.807) is 0 Å². The van der Waals surface area contributed by atoms with Crippen molar-refractivity contribution in [1.29, 1.82) is 0 Å². The molecule has 1 aliphatic rings. The summed E-state index contributed by atoms with van der Waals surface area (Å²) in [4.78, 5) is 28.3. The SMILES string of the molecule is O=C(c1ccc(SC(F)F)cc1)N1CCN(C(=O)c2ccccc2C(F)(F)F)CC1. The second-order valence-electron chi connectivity index (χ2n) is 6.53. The number of benzene rings is 2. The zero-order valence-corrected chi connectivity index (χ0v) is 16.4. The van der Waals surface area contributed by atoms with Crippen molar-refractivity contribution in [2.75, 3.05) is 26.2 Å². The standard InChI is InChI=1S/C20H17F5N2O2S/c21-19(22)30-14-7-5-13(6-8-14)17(28)26-9-11-27(12-10-26)18(29)15-3-1-2-4-16(15)20(23,24)25/h1-8,19H,9-12H2. The first kappa shape index (κ1) is 22.1. The lowest BCUT2D eigenvalue weighted by atomic mass is 10.1. The molecule has 1 aliphatic heterocycles. The lowest BCUT2D eigenvalue weighted by Gasteiger charge is -2.35. The van der Waals surface area contributed by atoms with E-state index in [1.807, 2.05) is 0 Å². The molecule has 0 unspecified atom stereocenters. The number of carbonyl (C=O) groups excluding carboxylic acids is 2. The van der Waals surface area contributed by atoms with E-state index in [0.29, 0.717) is 22.2 Å². The van der Waals surface area contributed by atoms with Crippen LogP contribution in [0.1, 0.15) is 26.3 Å². The quantitative estimate of drug-likeness (QED) is 0.511. The smallest absolute Gasteiger partial charge is 0.335 e. The van der Waals surface area contributed by atoms with Gasteiger partial charge in [-0.15, -0.1) is 0 Å². The van der Waals surface area contributed by atoms with E-state index in [4.69, 9.17) is 0 Å². The van der Waals surface area contributed by atoms with Crippen LogP contribution < -0.4 is 0 Å². The summed E-state index contributed by atoms with van der Waals surface area (Å²) in [5.41, 5.74) is -1.09. The molecule has 0 aromatic heterocycles. The van der Waals surface area contributed by atoms with E-state index in [1.165, 1.54) is 46.2 Å². The van der Waals surface area contributed by atoms with Gasteiger partial charge in [0.1, 0.15) is 0 Å². The molecule has 0 atom stereocenters. The molecule has 1 fully saturated rings. The van der Waals surface area contributed by atoms with E-state index in [9.17, 15) is 31.5 Å². The molecule has 160 valence electrons. The van der Waals surface area contributed by atoms with Gasteiger partial charge >= 0.3 is 6.18 Å². The minimum Gasteiger partial charge on any atom is -0.335 e. The molecule has 2 aromatic carbocycles. The van der Waals surface area contributed by atoms with Crippen molar-refractivity contribution in [2.45, 2.75) is 16.8 Å². The molecular formula is C20H17F5N2O2S. The molecule has 0 bridgehead atoms. The summed E-state index contributed by atoms with van der Waals surface area (Å²) < 4.78 is 64.2. The number of halogens is 5. The first-order valence-electron chi connectivity index (χ1n) is 8.96. The van der Waals surface area contributed by atoms with Crippen molar-refractivity contribution in [2.24, 2.45) is 0 Å². The van der Waals surface area contributed by atoms with Crippen molar-refractivity contribution < 1.29 is 31.5 Å². The van der Waals surface area contributed by atoms with E-state index < -0.39 is 29.0 Å². The molecule has 0 saturated carbocycles. The topological polar surface area (TPSA) is 40.6 Å². The predicted molar refractivity (Wildman–Crippen MR) is 102 cm³/mol. The van der Waals surface area contributed by atoms with Gasteiger partial charge in [0.05, 0.1) is 11.1 Å². The number of rotatable bonds is 4. The van der Waals surface area contributed by atoms with E-state index in [0.717, 1.165) is 12.1 Å². The van der Waals surface area contributed by atoms with Crippen LogP contribution in [-0.2, 0) is 6.18 Å². The van der Waals surface area contributed by atoms with Crippen LogP contribution in [-0.4, -0.2) is 53.6 Å². The van der Waals surface area contributed by atoms with Crippen molar-refractivity contribution in [1.82, 2.24) is 9.80 Å². The number of hydrogen-bond acceptors (Lipinski definition) is 3. The molecule has 0 radical (unpaired) electrons. The molecule has 0 N–H and O–H groups in total. The fourth-order valence-electron chi connectivity index (χ4n) is 3.16. The fourth-order valence-corrected chi connectivity index (χ4v) is 3.66. The lowest BCUT2D eigenvalue weighted by Crippen LogP contribution is -2.50. The fraction of sp³-hybridized carbons (Fsp3) is 0.300. The Labute approximate surface area is 173 Å². The molecule has 0 aliphatic carbocycles. The van der Waals surface area contributed by atoms with Crippen LogP contribution in [0.3, 0.4) is 0 Å². The normalized spacial score (nSPS) is 14.9. The van der Waals surface area contributed by atoms with Crippen LogP contribution >= 0.6 is 11.8 Å². The van der Waals surface area contributed by atoms with Gasteiger partial charge in [0.15, 0.2) is 0 Å². The maximum atomic E-state index is 13.2. The number of piperazine rings is 1. The van der Waals surface area contributed by atoms with Crippen LogP contribution in [0.2, 0.25) is 0 Å². The minimum absolute atomic E-state index is 0.0933. The minimum atomic E-state index is -4.64. The second kappa shape index (κ2) is 9.03. The summed E-state index contributed by atoms with van der Waals surface area (Å²) in [5.74, 6) is -3.62. The lowest BCUT2D eigenvalue weighted by molar-refractivity contribution is -0.138. The second-order valence-corrected chi connectivity index (χ2v) is 7.59. The van der Waals surface area contributed by atoms with Gasteiger partial charge in [-0.25, -0.2) is 0 Å².